The van der Waals surface area contributed by atoms with Gasteiger partial charge in [-0.15, -0.1) is 0 Å². The van der Waals surface area contributed by atoms with E-state index in [0.717, 1.165) is 22.1 Å². The number of hydrogen-bond donors (Lipinski definition) is 3. The second-order valence-electron chi connectivity index (χ2n) is 8.53. The van der Waals surface area contributed by atoms with Crippen LogP contribution in [0.25, 0.3) is 22.0 Å². The maximum atomic E-state index is 15.9. The number of halogens is 1. The van der Waals surface area contributed by atoms with Gasteiger partial charge in [-0.3, -0.25) is 23.9 Å². The first kappa shape index (κ1) is 23.8. The molecule has 0 bridgehead atoms. The van der Waals surface area contributed by atoms with E-state index in [1.165, 1.54) is 23.1 Å². The number of nitrogens with two attached hydrogens (primary N) is 1. The Morgan fingerprint density at radius 1 is 1.14 bits per heavy atom. The van der Waals surface area contributed by atoms with Gasteiger partial charge in [-0.2, -0.15) is 15.3 Å². The molecular formula is C24H21FN8O4. The Kier molecular flexibility index (Phi) is 5.95. The maximum absolute atomic E-state index is 15.9. The Bertz CT molecular complexity index is 1580. The Balaban J connectivity index is 1.43. The maximum Gasteiger partial charge on any atom is 0.284 e. The summed E-state index contributed by atoms with van der Waals surface area (Å²) in [6.45, 7) is -0.420. The second kappa shape index (κ2) is 9.26. The fourth-order valence-electron chi connectivity index (χ4n) is 4.41. The number of aromatic nitrogens is 5. The second-order valence-corrected chi connectivity index (χ2v) is 8.53. The summed E-state index contributed by atoms with van der Waals surface area (Å²) in [5, 5.41) is 14.5. The number of primary amides is 1. The predicted molar refractivity (Wildman–Crippen MR) is 130 cm³/mol. The highest BCUT2D eigenvalue weighted by molar-refractivity contribution is 6.05. The molecule has 188 valence electrons. The molecule has 4 N–H and O–H groups in total. The first-order chi connectivity index (χ1) is 17.8. The third-order valence-electron chi connectivity index (χ3n) is 6.17. The molecule has 4 heterocycles. The summed E-state index contributed by atoms with van der Waals surface area (Å²) in [4.78, 5) is 53.1. The highest BCUT2D eigenvalue weighted by Gasteiger charge is 2.50. The van der Waals surface area contributed by atoms with E-state index >= 15 is 4.39 Å². The van der Waals surface area contributed by atoms with Gasteiger partial charge in [-0.05, 0) is 30.2 Å². The van der Waals surface area contributed by atoms with Crippen molar-refractivity contribution in [3.05, 3.63) is 70.9 Å². The van der Waals surface area contributed by atoms with Crippen LogP contribution in [0.15, 0.2) is 59.8 Å². The van der Waals surface area contributed by atoms with Crippen molar-refractivity contribution in [2.75, 3.05) is 11.9 Å². The number of rotatable bonds is 6. The molecule has 1 aliphatic rings. The number of aromatic amines is 1. The molecule has 1 saturated heterocycles. The van der Waals surface area contributed by atoms with Gasteiger partial charge in [0.25, 0.3) is 17.6 Å². The number of hydrogen-bond acceptors (Lipinski definition) is 7. The summed E-state index contributed by atoms with van der Waals surface area (Å²) in [7, 11) is 0. The number of anilines is 1. The molecule has 1 atom stereocenters. The van der Waals surface area contributed by atoms with Crippen LogP contribution in [0.1, 0.15) is 23.3 Å². The minimum Gasteiger partial charge on any atom is -0.364 e. The number of benzene rings is 1. The fraction of sp³-hybridized carbons (Fsp3) is 0.208. The number of H-pyrrole nitrogens is 1. The molecule has 3 amide bonds. The van der Waals surface area contributed by atoms with Crippen LogP contribution in [-0.2, 0) is 16.1 Å². The van der Waals surface area contributed by atoms with Crippen LogP contribution in [0.5, 0.6) is 0 Å². The molecule has 0 saturated carbocycles. The number of nitrogens with zero attached hydrogens (tertiary/aromatic N) is 5. The molecule has 0 spiro atoms. The zero-order chi connectivity index (χ0) is 26.2. The Hall–Kier alpha value is -4.94. The van der Waals surface area contributed by atoms with Crippen LogP contribution in [0.4, 0.5) is 10.2 Å². The average molecular weight is 504 g/mol. The van der Waals surface area contributed by atoms with E-state index in [9.17, 15) is 19.2 Å². The van der Waals surface area contributed by atoms with Gasteiger partial charge in [0.1, 0.15) is 12.4 Å². The van der Waals surface area contributed by atoms with E-state index in [4.69, 9.17) is 5.73 Å². The summed E-state index contributed by atoms with van der Waals surface area (Å²) < 4.78 is 17.1. The van der Waals surface area contributed by atoms with Crippen LogP contribution in [0.3, 0.4) is 0 Å². The highest BCUT2D eigenvalue weighted by Crippen LogP contribution is 2.33. The molecule has 13 heteroatoms. The normalized spacial score (nSPS) is 17.2. The molecule has 3 aromatic heterocycles. The van der Waals surface area contributed by atoms with Crippen molar-refractivity contribution >= 4 is 34.4 Å². The standard InChI is InChI=1S/C24H21FN8O4/c25-24(23(37)30-19-11-16(34)5-7-27-19)6-1-9-32(24)20(35)13-33-18-3-2-14(15-4-8-28-29-12-15)10-17(18)21(31-33)22(26)36/h2-5,7-8,10-12H,1,6,9,13H2,(H2,26,36)(H2,27,30,34,37). The topological polar surface area (TPSA) is 169 Å². The van der Waals surface area contributed by atoms with E-state index in [1.807, 2.05) is 0 Å². The lowest BCUT2D eigenvalue weighted by molar-refractivity contribution is -0.153. The summed E-state index contributed by atoms with van der Waals surface area (Å²) in [6, 6.07) is 9.23. The van der Waals surface area contributed by atoms with Gasteiger partial charge in [-0.1, -0.05) is 6.07 Å². The van der Waals surface area contributed by atoms with Gasteiger partial charge in [0.15, 0.2) is 11.1 Å². The smallest absolute Gasteiger partial charge is 0.284 e. The molecule has 1 fully saturated rings. The minimum atomic E-state index is -2.62. The number of carbonyl (C=O) groups is 3. The van der Waals surface area contributed by atoms with Crippen LogP contribution >= 0.6 is 0 Å². The number of pyridine rings is 1. The molecule has 12 nitrogen and oxygen atoms in total. The first-order valence-electron chi connectivity index (χ1n) is 11.3. The zero-order valence-electron chi connectivity index (χ0n) is 19.3. The fourth-order valence-corrected chi connectivity index (χ4v) is 4.41. The first-order valence-corrected chi connectivity index (χ1v) is 11.3. The molecule has 0 radical (unpaired) electrons. The molecule has 1 aromatic carbocycles. The highest BCUT2D eigenvalue weighted by atomic mass is 19.1. The van der Waals surface area contributed by atoms with Gasteiger partial charge in [0.2, 0.25) is 5.91 Å². The van der Waals surface area contributed by atoms with E-state index < -0.39 is 30.1 Å². The van der Waals surface area contributed by atoms with Crippen LogP contribution in [-0.4, -0.2) is 59.9 Å². The molecule has 0 aliphatic carbocycles. The zero-order valence-corrected chi connectivity index (χ0v) is 19.3. The van der Waals surface area contributed by atoms with Crippen LogP contribution < -0.4 is 16.5 Å². The number of nitrogens with one attached hydrogen (secondary N) is 2. The largest absolute Gasteiger partial charge is 0.364 e. The van der Waals surface area contributed by atoms with E-state index in [1.54, 1.807) is 30.5 Å². The SMILES string of the molecule is NC(=O)c1nn(CC(=O)N2CCCC2(F)C(=O)Nc2cc(=O)cc[nH]2)c2ccc(-c3ccnnc3)cc12. The van der Waals surface area contributed by atoms with Gasteiger partial charge in [0.05, 0.1) is 17.9 Å². The number of carbonyl (C=O) groups excluding carboxylic acids is 3. The van der Waals surface area contributed by atoms with Crippen molar-refractivity contribution in [3.63, 3.8) is 0 Å². The van der Waals surface area contributed by atoms with Crippen molar-refractivity contribution < 1.29 is 18.8 Å². The van der Waals surface area contributed by atoms with Crippen molar-refractivity contribution in [2.45, 2.75) is 25.2 Å². The Labute approximate surface area is 208 Å². The summed E-state index contributed by atoms with van der Waals surface area (Å²) in [5.41, 5.74) is 7.02. The van der Waals surface area contributed by atoms with Crippen LogP contribution in [0.2, 0.25) is 0 Å². The Morgan fingerprint density at radius 3 is 2.70 bits per heavy atom. The van der Waals surface area contributed by atoms with Gasteiger partial charge in [0, 0.05) is 42.2 Å². The molecule has 4 aromatic rings. The van der Waals surface area contributed by atoms with Gasteiger partial charge < -0.3 is 20.9 Å². The number of alkyl halides is 1. The minimum absolute atomic E-state index is 0.00906. The number of amides is 3. The molecule has 1 unspecified atom stereocenters. The van der Waals surface area contributed by atoms with E-state index in [2.05, 4.69) is 25.6 Å². The van der Waals surface area contributed by atoms with Crippen molar-refractivity contribution in [2.24, 2.45) is 5.73 Å². The van der Waals surface area contributed by atoms with Gasteiger partial charge >= 0.3 is 0 Å². The van der Waals surface area contributed by atoms with Crippen molar-refractivity contribution in [1.82, 2.24) is 29.9 Å². The van der Waals surface area contributed by atoms with Crippen molar-refractivity contribution in [3.8, 4) is 11.1 Å². The molecule has 5 rings (SSSR count). The summed E-state index contributed by atoms with van der Waals surface area (Å²) in [5.74, 6) is -5.18. The predicted octanol–water partition coefficient (Wildman–Crippen LogP) is 1.21. The molecule has 1 aliphatic heterocycles. The van der Waals surface area contributed by atoms with Crippen LogP contribution in [0, 0.1) is 0 Å². The molecular weight excluding hydrogens is 483 g/mol. The lowest BCUT2D eigenvalue weighted by Crippen LogP contribution is -2.53. The number of fused-ring (bicyclic) bond motifs is 1. The monoisotopic (exact) mass is 504 g/mol. The third kappa shape index (κ3) is 4.42. The number of likely N-dealkylation sites (tertiary alicyclic amines) is 1. The van der Waals surface area contributed by atoms with E-state index in [-0.39, 0.29) is 36.3 Å². The summed E-state index contributed by atoms with van der Waals surface area (Å²) in [6.07, 6.45) is 4.45. The van der Waals surface area contributed by atoms with Crippen molar-refractivity contribution in [1.29, 1.82) is 0 Å². The average Bonchev–Trinajstić information content (AvgIpc) is 3.46. The van der Waals surface area contributed by atoms with Gasteiger partial charge in [-0.25, -0.2) is 4.39 Å². The Morgan fingerprint density at radius 2 is 1.97 bits per heavy atom. The summed E-state index contributed by atoms with van der Waals surface area (Å²) >= 11 is 0. The lowest BCUT2D eigenvalue weighted by Gasteiger charge is -2.30. The van der Waals surface area contributed by atoms with E-state index in [0.29, 0.717) is 10.9 Å². The lowest BCUT2D eigenvalue weighted by atomic mass is 10.0. The third-order valence-corrected chi connectivity index (χ3v) is 6.17. The molecule has 37 heavy (non-hydrogen) atoms. The quantitative estimate of drug-likeness (QED) is 0.331.